The Kier molecular flexibility index (Phi) is 5.82. The average molecular weight is 400 g/mol. The van der Waals surface area contributed by atoms with E-state index in [1.807, 2.05) is 55.5 Å². The van der Waals surface area contributed by atoms with Crippen molar-refractivity contribution in [3.63, 3.8) is 0 Å². The van der Waals surface area contributed by atoms with E-state index in [4.69, 9.17) is 23.8 Å². The maximum Gasteiger partial charge on any atom is 0.255 e. The van der Waals surface area contributed by atoms with Crippen LogP contribution in [0.15, 0.2) is 59.8 Å². The lowest BCUT2D eigenvalue weighted by Crippen LogP contribution is -2.45. The smallest absolute Gasteiger partial charge is 0.255 e. The van der Waals surface area contributed by atoms with Gasteiger partial charge in [-0.05, 0) is 54.4 Å². The van der Waals surface area contributed by atoms with E-state index in [0.29, 0.717) is 21.6 Å². The summed E-state index contributed by atoms with van der Waals surface area (Å²) in [5.74, 6) is 0.141. The zero-order valence-corrected chi connectivity index (χ0v) is 17.0. The number of anilines is 1. The predicted octanol–water partition coefficient (Wildman–Crippen LogP) is 4.89. The molecular formula is C21H22ClN3OS. The van der Waals surface area contributed by atoms with Crippen LogP contribution in [0.4, 0.5) is 5.69 Å². The molecule has 4 nitrogen and oxygen atoms in total. The van der Waals surface area contributed by atoms with Crippen LogP contribution in [-0.2, 0) is 4.79 Å². The molecule has 140 valence electrons. The third-order valence-corrected chi connectivity index (χ3v) is 5.02. The van der Waals surface area contributed by atoms with Gasteiger partial charge in [0.05, 0.1) is 11.6 Å². The Morgan fingerprint density at radius 2 is 1.81 bits per heavy atom. The minimum absolute atomic E-state index is 0.164. The Hall–Kier alpha value is -2.37. The molecule has 27 heavy (non-hydrogen) atoms. The van der Waals surface area contributed by atoms with Gasteiger partial charge in [0.15, 0.2) is 5.11 Å². The van der Waals surface area contributed by atoms with Gasteiger partial charge in [0.25, 0.3) is 5.91 Å². The molecule has 0 saturated heterocycles. The van der Waals surface area contributed by atoms with Crippen LogP contribution in [0.1, 0.15) is 43.9 Å². The molecule has 0 aliphatic carbocycles. The summed E-state index contributed by atoms with van der Waals surface area (Å²) in [6, 6.07) is 14.9. The van der Waals surface area contributed by atoms with E-state index < -0.39 is 0 Å². The number of carbonyl (C=O) groups excluding carboxylic acids is 1. The monoisotopic (exact) mass is 399 g/mol. The van der Waals surface area contributed by atoms with Crippen LogP contribution in [0.3, 0.4) is 0 Å². The summed E-state index contributed by atoms with van der Waals surface area (Å²) < 4.78 is 0. The van der Waals surface area contributed by atoms with Gasteiger partial charge in [0.1, 0.15) is 0 Å². The SMILES string of the molecule is CC1=C(C(=O)Nc2ccccc2C(C)C)[C@@H](c2ccc(Cl)cc2)NC(=S)N1. The van der Waals surface area contributed by atoms with Crippen LogP contribution >= 0.6 is 23.8 Å². The molecule has 0 aromatic heterocycles. The molecule has 6 heteroatoms. The van der Waals surface area contributed by atoms with Gasteiger partial charge in [-0.15, -0.1) is 0 Å². The second-order valence-electron chi connectivity index (χ2n) is 6.82. The lowest BCUT2D eigenvalue weighted by Gasteiger charge is -2.30. The molecule has 0 spiro atoms. The van der Waals surface area contributed by atoms with Crippen LogP contribution in [-0.4, -0.2) is 11.0 Å². The van der Waals surface area contributed by atoms with Crippen LogP contribution in [0.2, 0.25) is 5.02 Å². The first-order valence-corrected chi connectivity index (χ1v) is 9.59. The van der Waals surface area contributed by atoms with Gasteiger partial charge in [0.2, 0.25) is 0 Å². The van der Waals surface area contributed by atoms with Gasteiger partial charge in [-0.3, -0.25) is 4.79 Å². The molecule has 1 aliphatic rings. The number of hydrogen-bond donors (Lipinski definition) is 3. The third kappa shape index (κ3) is 4.31. The molecule has 0 unspecified atom stereocenters. The van der Waals surface area contributed by atoms with Crippen LogP contribution < -0.4 is 16.0 Å². The van der Waals surface area contributed by atoms with Crippen molar-refractivity contribution in [1.82, 2.24) is 10.6 Å². The van der Waals surface area contributed by atoms with Crippen LogP contribution in [0.25, 0.3) is 0 Å². The minimum atomic E-state index is -0.345. The number of halogens is 1. The number of hydrogen-bond acceptors (Lipinski definition) is 2. The number of rotatable bonds is 4. The Morgan fingerprint density at radius 3 is 2.48 bits per heavy atom. The minimum Gasteiger partial charge on any atom is -0.351 e. The molecule has 0 fully saturated rings. The predicted molar refractivity (Wildman–Crippen MR) is 115 cm³/mol. The second kappa shape index (κ2) is 8.11. The topological polar surface area (TPSA) is 53.2 Å². The van der Waals surface area contributed by atoms with Crippen molar-refractivity contribution >= 4 is 40.5 Å². The van der Waals surface area contributed by atoms with E-state index in [1.165, 1.54) is 0 Å². The van der Waals surface area contributed by atoms with Crippen LogP contribution in [0, 0.1) is 0 Å². The van der Waals surface area contributed by atoms with E-state index in [1.54, 1.807) is 0 Å². The number of carbonyl (C=O) groups is 1. The largest absolute Gasteiger partial charge is 0.351 e. The van der Waals surface area contributed by atoms with Gasteiger partial charge >= 0.3 is 0 Å². The molecule has 1 aliphatic heterocycles. The third-order valence-electron chi connectivity index (χ3n) is 4.55. The first-order valence-electron chi connectivity index (χ1n) is 8.81. The van der Waals surface area contributed by atoms with E-state index in [9.17, 15) is 4.79 Å². The fraction of sp³-hybridized carbons (Fsp3) is 0.238. The van der Waals surface area contributed by atoms with Crippen molar-refractivity contribution in [3.05, 3.63) is 76.0 Å². The number of thiocarbonyl (C=S) groups is 1. The standard InChI is InChI=1S/C21H22ClN3OS/c1-12(2)16-6-4-5-7-17(16)24-20(26)18-13(3)23-21(27)25-19(18)14-8-10-15(22)11-9-14/h4-12,19H,1-3H3,(H,24,26)(H2,23,25,27)/t19-/m1/s1. The first kappa shape index (κ1) is 19.4. The number of benzene rings is 2. The first-order chi connectivity index (χ1) is 12.9. The van der Waals surface area contributed by atoms with Crippen molar-refractivity contribution in [1.29, 1.82) is 0 Å². The van der Waals surface area contributed by atoms with E-state index in [-0.39, 0.29) is 11.9 Å². The van der Waals surface area contributed by atoms with Gasteiger partial charge in [-0.25, -0.2) is 0 Å². The van der Waals surface area contributed by atoms with Gasteiger partial charge in [-0.1, -0.05) is 55.8 Å². The summed E-state index contributed by atoms with van der Waals surface area (Å²) in [5, 5.41) is 10.5. The molecule has 2 aromatic rings. The zero-order chi connectivity index (χ0) is 19.6. The zero-order valence-electron chi connectivity index (χ0n) is 15.5. The molecule has 0 radical (unpaired) electrons. The maximum atomic E-state index is 13.2. The molecule has 0 bridgehead atoms. The molecule has 1 atom stereocenters. The molecule has 1 heterocycles. The number of allylic oxidation sites excluding steroid dienone is 1. The highest BCUT2D eigenvalue weighted by Gasteiger charge is 2.30. The highest BCUT2D eigenvalue weighted by Crippen LogP contribution is 2.30. The van der Waals surface area contributed by atoms with Crippen molar-refractivity contribution in [2.45, 2.75) is 32.7 Å². The summed E-state index contributed by atoms with van der Waals surface area (Å²) >= 11 is 11.3. The molecule has 0 saturated carbocycles. The lowest BCUT2D eigenvalue weighted by atomic mass is 9.94. The quantitative estimate of drug-likeness (QED) is 0.640. The Balaban J connectivity index is 1.96. The number of para-hydroxylation sites is 1. The van der Waals surface area contributed by atoms with Crippen molar-refractivity contribution in [3.8, 4) is 0 Å². The molecule has 1 amide bonds. The number of nitrogens with one attached hydrogen (secondary N) is 3. The Labute approximate surface area is 170 Å². The lowest BCUT2D eigenvalue weighted by molar-refractivity contribution is -0.113. The fourth-order valence-corrected chi connectivity index (χ4v) is 3.60. The number of amides is 1. The van der Waals surface area contributed by atoms with Crippen molar-refractivity contribution in [2.75, 3.05) is 5.32 Å². The molecule has 3 rings (SSSR count). The van der Waals surface area contributed by atoms with E-state index >= 15 is 0 Å². The summed E-state index contributed by atoms with van der Waals surface area (Å²) in [4.78, 5) is 13.2. The van der Waals surface area contributed by atoms with Crippen LogP contribution in [0.5, 0.6) is 0 Å². The molecule has 2 aromatic carbocycles. The second-order valence-corrected chi connectivity index (χ2v) is 7.66. The maximum absolute atomic E-state index is 13.2. The van der Waals surface area contributed by atoms with E-state index in [0.717, 1.165) is 22.5 Å². The average Bonchev–Trinajstić information content (AvgIpc) is 2.61. The molecule has 3 N–H and O–H groups in total. The van der Waals surface area contributed by atoms with Crippen molar-refractivity contribution in [2.24, 2.45) is 0 Å². The Morgan fingerprint density at radius 1 is 1.15 bits per heavy atom. The summed E-state index contributed by atoms with van der Waals surface area (Å²) in [5.41, 5.74) is 4.17. The highest BCUT2D eigenvalue weighted by atomic mass is 35.5. The summed E-state index contributed by atoms with van der Waals surface area (Å²) in [6.45, 7) is 6.07. The molecular weight excluding hydrogens is 378 g/mol. The van der Waals surface area contributed by atoms with Gasteiger partial charge in [0, 0.05) is 16.4 Å². The summed E-state index contributed by atoms with van der Waals surface area (Å²) in [6.07, 6.45) is 0. The van der Waals surface area contributed by atoms with Gasteiger partial charge < -0.3 is 16.0 Å². The highest BCUT2D eigenvalue weighted by molar-refractivity contribution is 7.80. The van der Waals surface area contributed by atoms with E-state index in [2.05, 4.69) is 29.8 Å². The summed E-state index contributed by atoms with van der Waals surface area (Å²) in [7, 11) is 0. The Bertz CT molecular complexity index is 906. The van der Waals surface area contributed by atoms with Gasteiger partial charge in [-0.2, -0.15) is 0 Å². The van der Waals surface area contributed by atoms with Crippen molar-refractivity contribution < 1.29 is 4.79 Å². The fourth-order valence-electron chi connectivity index (χ4n) is 3.20. The normalized spacial score (nSPS) is 16.8.